The van der Waals surface area contributed by atoms with Crippen molar-refractivity contribution in [3.63, 3.8) is 0 Å². The van der Waals surface area contributed by atoms with Gasteiger partial charge in [-0.05, 0) is 55.5 Å². The summed E-state index contributed by atoms with van der Waals surface area (Å²) in [5, 5.41) is 15.4. The number of nitrogens with one attached hydrogen (secondary N) is 1. The van der Waals surface area contributed by atoms with Gasteiger partial charge in [0, 0.05) is 60.9 Å². The van der Waals surface area contributed by atoms with Gasteiger partial charge in [0.1, 0.15) is 17.6 Å². The van der Waals surface area contributed by atoms with Crippen molar-refractivity contribution in [1.29, 1.82) is 5.26 Å². The zero-order valence-corrected chi connectivity index (χ0v) is 23.4. The Labute approximate surface area is 243 Å². The highest BCUT2D eigenvalue weighted by Crippen LogP contribution is 2.38. The number of nitrogens with zero attached hydrogens (tertiary/aromatic N) is 5. The lowest BCUT2D eigenvalue weighted by atomic mass is 10.1. The van der Waals surface area contributed by atoms with Gasteiger partial charge in [0.2, 0.25) is 6.41 Å². The van der Waals surface area contributed by atoms with Crippen molar-refractivity contribution in [3.05, 3.63) is 78.6 Å². The first-order valence-corrected chi connectivity index (χ1v) is 13.8. The fraction of sp³-hybridized carbons (Fsp3) is 0.219. The van der Waals surface area contributed by atoms with Crippen LogP contribution in [0.5, 0.6) is 23.0 Å². The number of rotatable bonds is 9. The molecule has 1 saturated heterocycles. The Hall–Kier alpha value is -5.27. The molecule has 0 atom stereocenters. The molecule has 10 nitrogen and oxygen atoms in total. The molecule has 212 valence electrons. The van der Waals surface area contributed by atoms with Crippen molar-refractivity contribution in [2.24, 2.45) is 0 Å². The average Bonchev–Trinajstić information content (AvgIpc) is 3.52. The largest absolute Gasteiger partial charge is 0.493 e. The summed E-state index contributed by atoms with van der Waals surface area (Å²) in [5.41, 5.74) is 3.76. The minimum Gasteiger partial charge on any atom is -0.493 e. The molecule has 0 aliphatic carbocycles. The molecular weight excluding hydrogens is 532 g/mol. The molecule has 0 spiro atoms. The van der Waals surface area contributed by atoms with E-state index in [2.05, 4.69) is 20.9 Å². The lowest BCUT2D eigenvalue weighted by Gasteiger charge is -2.40. The number of nitriles is 1. The number of methoxy groups -OCH3 is 1. The van der Waals surface area contributed by atoms with Crippen molar-refractivity contribution in [3.8, 4) is 29.1 Å². The summed E-state index contributed by atoms with van der Waals surface area (Å²) in [6.07, 6.45) is 4.31. The number of ether oxygens (including phenoxy) is 3. The van der Waals surface area contributed by atoms with Crippen LogP contribution in [0.25, 0.3) is 21.8 Å². The second-order valence-corrected chi connectivity index (χ2v) is 9.77. The number of H-pyrrole nitrogens is 1. The topological polar surface area (TPSA) is 107 Å². The van der Waals surface area contributed by atoms with E-state index in [0.29, 0.717) is 55.6 Å². The Morgan fingerprint density at radius 3 is 2.55 bits per heavy atom. The van der Waals surface area contributed by atoms with Gasteiger partial charge in [-0.15, -0.1) is 0 Å². The molecule has 0 bridgehead atoms. The lowest BCUT2D eigenvalue weighted by molar-refractivity contribution is -0.110. The number of hydrogen-bond donors (Lipinski definition) is 1. The summed E-state index contributed by atoms with van der Waals surface area (Å²) in [4.78, 5) is 22.1. The van der Waals surface area contributed by atoms with Crippen molar-refractivity contribution >= 4 is 39.6 Å². The molecule has 1 aliphatic heterocycles. The van der Waals surface area contributed by atoms with Crippen LogP contribution < -0.4 is 24.1 Å². The number of hydrogen-bond acceptors (Lipinski definition) is 8. The number of carbonyl (C=O) groups is 1. The van der Waals surface area contributed by atoms with Gasteiger partial charge < -0.3 is 24.1 Å². The van der Waals surface area contributed by atoms with Gasteiger partial charge in [-0.2, -0.15) is 5.26 Å². The van der Waals surface area contributed by atoms with Crippen molar-refractivity contribution in [2.75, 3.05) is 49.8 Å². The Bertz CT molecular complexity index is 1770. The third-order valence-corrected chi connectivity index (χ3v) is 7.41. The molecule has 0 saturated carbocycles. The second-order valence-electron chi connectivity index (χ2n) is 9.77. The summed E-state index contributed by atoms with van der Waals surface area (Å²) in [6.45, 7) is 4.78. The summed E-state index contributed by atoms with van der Waals surface area (Å²) in [5.74, 6) is 2.64. The maximum absolute atomic E-state index is 12.2. The van der Waals surface area contributed by atoms with Gasteiger partial charge in [-0.25, -0.2) is 10.0 Å². The third kappa shape index (κ3) is 5.02. The van der Waals surface area contributed by atoms with Gasteiger partial charge in [-0.1, -0.05) is 6.07 Å². The van der Waals surface area contributed by atoms with Gasteiger partial charge in [0.15, 0.2) is 11.5 Å². The molecule has 1 fully saturated rings. The number of aromatic nitrogens is 2. The lowest BCUT2D eigenvalue weighted by Crippen LogP contribution is -2.54. The molecule has 1 amide bonds. The van der Waals surface area contributed by atoms with Gasteiger partial charge in [0.05, 0.1) is 36.2 Å². The SMILES string of the molecule is CCOc1cc2ncc(C#N)c(N3CCN(N(C=O)c4ccc(Oc5cccc6[nH]ccc56)cc4)CC3)c2cc1OC. The zero-order chi connectivity index (χ0) is 29.1. The molecule has 42 heavy (non-hydrogen) atoms. The number of benzene rings is 3. The highest BCUT2D eigenvalue weighted by atomic mass is 16.5. The normalized spacial score (nSPS) is 13.6. The van der Waals surface area contributed by atoms with Crippen LogP contribution in [0.2, 0.25) is 0 Å². The van der Waals surface area contributed by atoms with E-state index in [0.717, 1.165) is 45.3 Å². The first-order valence-electron chi connectivity index (χ1n) is 13.8. The molecule has 1 aliphatic rings. The van der Waals surface area contributed by atoms with Gasteiger partial charge in [-0.3, -0.25) is 9.78 Å². The monoisotopic (exact) mass is 562 g/mol. The van der Waals surface area contributed by atoms with E-state index in [1.165, 1.54) is 0 Å². The van der Waals surface area contributed by atoms with Crippen molar-refractivity contribution < 1.29 is 19.0 Å². The minimum atomic E-state index is 0.486. The molecule has 5 aromatic rings. The minimum absolute atomic E-state index is 0.486. The molecule has 1 N–H and O–H groups in total. The highest BCUT2D eigenvalue weighted by molar-refractivity contribution is 5.96. The summed E-state index contributed by atoms with van der Waals surface area (Å²) in [7, 11) is 1.60. The first-order chi connectivity index (χ1) is 20.6. The highest BCUT2D eigenvalue weighted by Gasteiger charge is 2.26. The van der Waals surface area contributed by atoms with E-state index in [1.807, 2.05) is 78.8 Å². The number of amides is 1. The van der Waals surface area contributed by atoms with E-state index >= 15 is 0 Å². The number of pyridine rings is 1. The van der Waals surface area contributed by atoms with Crippen LogP contribution in [0, 0.1) is 11.3 Å². The van der Waals surface area contributed by atoms with Crippen LogP contribution in [-0.2, 0) is 4.79 Å². The number of anilines is 2. The molecule has 6 rings (SSSR count). The molecule has 0 unspecified atom stereocenters. The maximum atomic E-state index is 12.2. The molecule has 3 heterocycles. The smallest absolute Gasteiger partial charge is 0.228 e. The summed E-state index contributed by atoms with van der Waals surface area (Å²) >= 11 is 0. The molecule has 10 heteroatoms. The third-order valence-electron chi connectivity index (χ3n) is 7.41. The Balaban J connectivity index is 1.19. The van der Waals surface area contributed by atoms with E-state index in [1.54, 1.807) is 18.3 Å². The zero-order valence-electron chi connectivity index (χ0n) is 23.4. The van der Waals surface area contributed by atoms with Gasteiger partial charge >= 0.3 is 0 Å². The first kappa shape index (κ1) is 26.9. The van der Waals surface area contributed by atoms with E-state index < -0.39 is 0 Å². The van der Waals surface area contributed by atoms with Crippen LogP contribution in [0.3, 0.4) is 0 Å². The maximum Gasteiger partial charge on any atom is 0.228 e. The summed E-state index contributed by atoms with van der Waals surface area (Å²) in [6, 6.07) is 21.3. The van der Waals surface area contributed by atoms with Crippen LogP contribution in [0.15, 0.2) is 73.1 Å². The summed E-state index contributed by atoms with van der Waals surface area (Å²) < 4.78 is 17.4. The van der Waals surface area contributed by atoms with Crippen molar-refractivity contribution in [2.45, 2.75) is 6.92 Å². The van der Waals surface area contributed by atoms with Crippen LogP contribution in [0.4, 0.5) is 11.4 Å². The number of carbonyl (C=O) groups excluding carboxylic acids is 1. The Morgan fingerprint density at radius 1 is 1.02 bits per heavy atom. The fourth-order valence-electron chi connectivity index (χ4n) is 5.40. The Kier molecular flexibility index (Phi) is 7.49. The molecule has 3 aromatic carbocycles. The van der Waals surface area contributed by atoms with Crippen LogP contribution in [0.1, 0.15) is 12.5 Å². The molecule has 2 aromatic heterocycles. The van der Waals surface area contributed by atoms with Crippen LogP contribution in [-0.4, -0.2) is 61.3 Å². The van der Waals surface area contributed by atoms with E-state index in [9.17, 15) is 10.1 Å². The number of aromatic amines is 1. The standard InChI is InChI=1S/C32H30N6O4/c1-3-41-31-18-28-26(17-30(31)40-2)32(22(19-33)20-35-28)36-13-15-37(16-14-36)38(21-39)23-7-9-24(10-8-23)42-29-6-4-5-27-25(29)11-12-34-27/h4-12,17-18,20-21,34H,3,13-16H2,1-2H3. The van der Waals surface area contributed by atoms with Crippen LogP contribution >= 0.6 is 0 Å². The van der Waals surface area contributed by atoms with E-state index in [4.69, 9.17) is 14.2 Å². The predicted molar refractivity (Wildman–Crippen MR) is 161 cm³/mol. The average molecular weight is 563 g/mol. The van der Waals surface area contributed by atoms with Crippen molar-refractivity contribution in [1.82, 2.24) is 15.0 Å². The Morgan fingerprint density at radius 2 is 1.83 bits per heavy atom. The molecular formula is C32H30N6O4. The van der Waals surface area contributed by atoms with Gasteiger partial charge in [0.25, 0.3) is 0 Å². The number of hydrazine groups is 1. The molecule has 0 radical (unpaired) electrons. The number of piperazine rings is 1. The predicted octanol–water partition coefficient (Wildman–Crippen LogP) is 5.49. The van der Waals surface area contributed by atoms with E-state index in [-0.39, 0.29) is 0 Å². The second kappa shape index (κ2) is 11.7. The fourth-order valence-corrected chi connectivity index (χ4v) is 5.40. The number of fused-ring (bicyclic) bond motifs is 2. The quantitative estimate of drug-likeness (QED) is 0.235.